The van der Waals surface area contributed by atoms with Gasteiger partial charge in [-0.2, -0.15) is 0 Å². The average molecular weight is 520 g/mol. The molecule has 3 aromatic heterocycles. The third-order valence-electron chi connectivity index (χ3n) is 8.05. The van der Waals surface area contributed by atoms with Crippen molar-refractivity contribution in [2.45, 2.75) is 0 Å². The molecule has 7 aromatic rings. The standard InChI is InChI=1S/C30H21N3O6/c1-31-19-7-4-13(28(34)35)10-16(19)22-23-17-11-14(29(36)37)5-8-20(17)32(2)26(23)27-24(25(22)31)18-12-15(30(38)39)6-9-21(18)33(27)3/h4-12H,1-3H3,(H,34,35)(H,36,37)(H,38,39). The number of hydrogen-bond donors (Lipinski definition) is 3. The molecular weight excluding hydrogens is 498 g/mol. The van der Waals surface area contributed by atoms with Gasteiger partial charge in [-0.15, -0.1) is 0 Å². The lowest BCUT2D eigenvalue weighted by Crippen LogP contribution is -1.96. The molecule has 0 bridgehead atoms. The minimum absolute atomic E-state index is 0.140. The molecule has 0 aliphatic carbocycles. The van der Waals surface area contributed by atoms with Crippen LogP contribution in [0.4, 0.5) is 0 Å². The van der Waals surface area contributed by atoms with E-state index >= 15 is 0 Å². The molecule has 0 atom stereocenters. The van der Waals surface area contributed by atoms with Crippen molar-refractivity contribution in [3.63, 3.8) is 0 Å². The molecule has 192 valence electrons. The molecule has 39 heavy (non-hydrogen) atoms. The van der Waals surface area contributed by atoms with Gasteiger partial charge in [-0.25, -0.2) is 14.4 Å². The second-order valence-corrected chi connectivity index (χ2v) is 9.96. The van der Waals surface area contributed by atoms with Crippen molar-refractivity contribution in [3.05, 3.63) is 71.3 Å². The van der Waals surface area contributed by atoms with E-state index in [1.54, 1.807) is 54.6 Å². The molecule has 0 aliphatic heterocycles. The summed E-state index contributed by atoms with van der Waals surface area (Å²) in [5.41, 5.74) is 5.47. The van der Waals surface area contributed by atoms with Crippen LogP contribution in [-0.4, -0.2) is 46.9 Å². The van der Waals surface area contributed by atoms with Crippen LogP contribution < -0.4 is 0 Å². The molecule has 0 unspecified atom stereocenters. The van der Waals surface area contributed by atoms with Crippen molar-refractivity contribution in [1.29, 1.82) is 0 Å². The first-order valence-corrected chi connectivity index (χ1v) is 12.2. The maximum Gasteiger partial charge on any atom is 0.335 e. The normalized spacial score (nSPS) is 12.1. The molecule has 0 amide bonds. The van der Waals surface area contributed by atoms with Crippen molar-refractivity contribution in [3.8, 4) is 0 Å². The molecule has 0 fully saturated rings. The second kappa shape index (κ2) is 7.38. The van der Waals surface area contributed by atoms with Gasteiger partial charge in [-0.05, 0) is 54.6 Å². The van der Waals surface area contributed by atoms with Gasteiger partial charge in [0.1, 0.15) is 0 Å². The predicted molar refractivity (Wildman–Crippen MR) is 149 cm³/mol. The highest BCUT2D eigenvalue weighted by Crippen LogP contribution is 2.47. The van der Waals surface area contributed by atoms with E-state index in [2.05, 4.69) is 0 Å². The van der Waals surface area contributed by atoms with Crippen LogP contribution >= 0.6 is 0 Å². The fourth-order valence-electron chi connectivity index (χ4n) is 6.33. The molecule has 9 nitrogen and oxygen atoms in total. The first kappa shape index (κ1) is 22.9. The summed E-state index contributed by atoms with van der Waals surface area (Å²) in [6, 6.07) is 15.1. The fourth-order valence-corrected chi connectivity index (χ4v) is 6.33. The van der Waals surface area contributed by atoms with Crippen LogP contribution in [0.5, 0.6) is 0 Å². The van der Waals surface area contributed by atoms with Crippen LogP contribution in [0.2, 0.25) is 0 Å². The molecule has 0 saturated heterocycles. The number of hydrogen-bond acceptors (Lipinski definition) is 3. The van der Waals surface area contributed by atoms with Gasteiger partial charge in [0.15, 0.2) is 0 Å². The van der Waals surface area contributed by atoms with Crippen molar-refractivity contribution < 1.29 is 29.7 Å². The smallest absolute Gasteiger partial charge is 0.335 e. The van der Waals surface area contributed by atoms with Crippen molar-refractivity contribution in [2.24, 2.45) is 21.1 Å². The largest absolute Gasteiger partial charge is 0.478 e. The third kappa shape index (κ3) is 2.76. The van der Waals surface area contributed by atoms with Crippen molar-refractivity contribution in [2.75, 3.05) is 0 Å². The summed E-state index contributed by atoms with van der Waals surface area (Å²) in [6.45, 7) is 0. The Kier molecular flexibility index (Phi) is 4.33. The molecule has 7 rings (SSSR count). The summed E-state index contributed by atoms with van der Waals surface area (Å²) in [6.07, 6.45) is 0. The van der Waals surface area contributed by atoms with Crippen LogP contribution in [0.15, 0.2) is 54.6 Å². The molecule has 0 radical (unpaired) electrons. The molecular formula is C30H21N3O6. The molecule has 9 heteroatoms. The number of aromatic carboxylic acids is 3. The first-order valence-electron chi connectivity index (χ1n) is 12.2. The Bertz CT molecular complexity index is 2300. The zero-order valence-electron chi connectivity index (χ0n) is 21.1. The highest BCUT2D eigenvalue weighted by molar-refractivity contribution is 6.40. The predicted octanol–water partition coefficient (Wildman–Crippen LogP) is 5.72. The zero-order valence-corrected chi connectivity index (χ0v) is 21.1. The van der Waals surface area contributed by atoms with Gasteiger partial charge in [-0.3, -0.25) is 0 Å². The van der Waals surface area contributed by atoms with E-state index in [-0.39, 0.29) is 16.7 Å². The molecule has 0 aliphatic rings. The monoisotopic (exact) mass is 519 g/mol. The number of fused-ring (bicyclic) bond motifs is 12. The average Bonchev–Trinajstić information content (AvgIpc) is 3.48. The lowest BCUT2D eigenvalue weighted by Gasteiger charge is -2.07. The number of aryl methyl sites for hydroxylation is 3. The zero-order chi connectivity index (χ0) is 27.5. The van der Waals surface area contributed by atoms with Crippen molar-refractivity contribution >= 4 is 83.3 Å². The number of rotatable bonds is 3. The summed E-state index contributed by atoms with van der Waals surface area (Å²) >= 11 is 0. The Hall–Kier alpha value is -5.31. The van der Waals surface area contributed by atoms with Crippen molar-refractivity contribution in [1.82, 2.24) is 13.7 Å². The summed E-state index contributed by atoms with van der Waals surface area (Å²) in [7, 11) is 5.76. The number of aromatic nitrogens is 3. The van der Waals surface area contributed by atoms with Gasteiger partial charge in [0.05, 0.1) is 33.2 Å². The Balaban J connectivity index is 1.89. The Morgan fingerprint density at radius 2 is 0.795 bits per heavy atom. The van der Waals surface area contributed by atoms with Gasteiger partial charge in [0.2, 0.25) is 0 Å². The van der Waals surface area contributed by atoms with E-state index in [4.69, 9.17) is 0 Å². The van der Waals surface area contributed by atoms with E-state index in [1.165, 1.54) is 0 Å². The van der Waals surface area contributed by atoms with E-state index < -0.39 is 17.9 Å². The van der Waals surface area contributed by atoms with Crippen LogP contribution in [0.3, 0.4) is 0 Å². The number of carbonyl (C=O) groups is 3. The van der Waals surface area contributed by atoms with Gasteiger partial charge < -0.3 is 29.0 Å². The third-order valence-corrected chi connectivity index (χ3v) is 8.05. The van der Waals surface area contributed by atoms with Crippen LogP contribution in [0, 0.1) is 0 Å². The Morgan fingerprint density at radius 3 is 1.18 bits per heavy atom. The number of nitrogens with zero attached hydrogens (tertiary/aromatic N) is 3. The number of carboxylic acids is 3. The number of carboxylic acid groups (broad SMARTS) is 3. The van der Waals surface area contributed by atoms with Gasteiger partial charge >= 0.3 is 17.9 Å². The number of benzene rings is 4. The lowest BCUT2D eigenvalue weighted by molar-refractivity contribution is 0.0686. The minimum atomic E-state index is -1.05. The van der Waals surface area contributed by atoms with Gasteiger partial charge in [0, 0.05) is 70.0 Å². The Labute approximate surface area is 219 Å². The first-order chi connectivity index (χ1) is 18.6. The van der Waals surface area contributed by atoms with E-state index in [0.29, 0.717) is 0 Å². The molecule has 4 aromatic carbocycles. The molecule has 0 saturated carbocycles. The molecule has 0 spiro atoms. The maximum atomic E-state index is 11.9. The quantitative estimate of drug-likeness (QED) is 0.274. The summed E-state index contributed by atoms with van der Waals surface area (Å²) in [5.74, 6) is -3.11. The van der Waals surface area contributed by atoms with Gasteiger partial charge in [0.25, 0.3) is 0 Å². The minimum Gasteiger partial charge on any atom is -0.478 e. The van der Waals surface area contributed by atoms with E-state index in [1.807, 2.05) is 34.8 Å². The molecule has 3 N–H and O–H groups in total. The summed E-state index contributed by atoms with van der Waals surface area (Å²) < 4.78 is 6.06. The lowest BCUT2D eigenvalue weighted by atomic mass is 9.99. The maximum absolute atomic E-state index is 11.9. The van der Waals surface area contributed by atoms with Crippen LogP contribution in [-0.2, 0) is 21.1 Å². The highest BCUT2D eigenvalue weighted by Gasteiger charge is 2.26. The fraction of sp³-hybridized carbons (Fsp3) is 0.100. The van der Waals surface area contributed by atoms with E-state index in [9.17, 15) is 29.7 Å². The van der Waals surface area contributed by atoms with Crippen LogP contribution in [0.1, 0.15) is 31.1 Å². The molecule has 3 heterocycles. The van der Waals surface area contributed by atoms with E-state index in [0.717, 1.165) is 65.4 Å². The SMILES string of the molecule is Cn1c2ccc(C(=O)O)cc2c2c3c4cc(C(=O)O)ccc4n(C)c3c3c(c4cc(C(=O)O)ccc4n3C)c21. The second-order valence-electron chi connectivity index (χ2n) is 9.96. The highest BCUT2D eigenvalue weighted by atomic mass is 16.4. The topological polar surface area (TPSA) is 127 Å². The summed E-state index contributed by atoms with van der Waals surface area (Å²) in [4.78, 5) is 35.8. The summed E-state index contributed by atoms with van der Waals surface area (Å²) in [5, 5.41) is 34.0. The van der Waals surface area contributed by atoms with Crippen LogP contribution in [0.25, 0.3) is 65.4 Å². The Morgan fingerprint density at radius 1 is 0.487 bits per heavy atom. The van der Waals surface area contributed by atoms with Gasteiger partial charge in [-0.1, -0.05) is 0 Å².